The largest absolute Gasteiger partial charge is 0.390 e. The van der Waals surface area contributed by atoms with E-state index in [0.717, 1.165) is 4.90 Å². The summed E-state index contributed by atoms with van der Waals surface area (Å²) in [5, 5.41) is 9.35. The van der Waals surface area contributed by atoms with E-state index in [2.05, 4.69) is 5.32 Å². The zero-order valence-electron chi connectivity index (χ0n) is 12.3. The van der Waals surface area contributed by atoms with Crippen molar-refractivity contribution < 1.29 is 22.8 Å². The Labute approximate surface area is 140 Å². The van der Waals surface area contributed by atoms with E-state index < -0.39 is 43.0 Å². The summed E-state index contributed by atoms with van der Waals surface area (Å²) in [4.78, 5) is 25.2. The van der Waals surface area contributed by atoms with Crippen molar-refractivity contribution in [1.29, 1.82) is 5.41 Å². The molecule has 4 N–H and O–H groups in total. The lowest BCUT2D eigenvalue weighted by molar-refractivity contribution is -0.137. The van der Waals surface area contributed by atoms with Crippen molar-refractivity contribution in [3.05, 3.63) is 34.3 Å². The molecule has 0 saturated heterocycles. The number of rotatable bonds is 4. The Balaban J connectivity index is 2.28. The van der Waals surface area contributed by atoms with Gasteiger partial charge in [-0.3, -0.25) is 20.3 Å². The Bertz CT molecular complexity index is 693. The van der Waals surface area contributed by atoms with Crippen LogP contribution in [0.2, 0.25) is 5.02 Å². The topological polar surface area (TPSA) is 99.3 Å². The molecule has 1 aliphatic rings. The van der Waals surface area contributed by atoms with E-state index >= 15 is 0 Å². The van der Waals surface area contributed by atoms with Crippen LogP contribution in [0.5, 0.6) is 0 Å². The van der Waals surface area contributed by atoms with Crippen molar-refractivity contribution in [2.24, 2.45) is 5.73 Å². The highest BCUT2D eigenvalue weighted by Crippen LogP contribution is 2.38. The first kappa shape index (κ1) is 18.1. The highest BCUT2D eigenvalue weighted by atomic mass is 35.5. The van der Waals surface area contributed by atoms with E-state index in [4.69, 9.17) is 22.7 Å². The number of halogens is 4. The predicted octanol–water partition coefficient (Wildman–Crippen LogP) is 2.19. The van der Waals surface area contributed by atoms with Gasteiger partial charge in [-0.1, -0.05) is 17.7 Å². The predicted molar refractivity (Wildman–Crippen MR) is 80.6 cm³/mol. The third-order valence-corrected chi connectivity index (χ3v) is 3.77. The van der Waals surface area contributed by atoms with Crippen LogP contribution in [-0.2, 0) is 4.79 Å². The lowest BCUT2D eigenvalue weighted by Crippen LogP contribution is -2.39. The van der Waals surface area contributed by atoms with Crippen LogP contribution in [0.1, 0.15) is 34.8 Å². The molecule has 130 valence electrons. The van der Waals surface area contributed by atoms with Crippen LogP contribution in [-0.4, -0.2) is 35.4 Å². The molecule has 0 aliphatic carbocycles. The van der Waals surface area contributed by atoms with Crippen molar-refractivity contribution in [2.75, 3.05) is 6.54 Å². The Kier molecular flexibility index (Phi) is 5.02. The second kappa shape index (κ2) is 6.68. The van der Waals surface area contributed by atoms with Crippen LogP contribution in [0.4, 0.5) is 13.2 Å². The molecule has 1 heterocycles. The summed E-state index contributed by atoms with van der Waals surface area (Å²) in [5.74, 6) is -1.86. The Morgan fingerprint density at radius 2 is 2.08 bits per heavy atom. The fourth-order valence-corrected chi connectivity index (χ4v) is 2.74. The molecular weight excluding hydrogens is 349 g/mol. The highest BCUT2D eigenvalue weighted by molar-refractivity contribution is 6.31. The number of guanidine groups is 1. The van der Waals surface area contributed by atoms with Crippen LogP contribution in [0, 0.1) is 5.41 Å². The molecule has 10 heteroatoms. The van der Waals surface area contributed by atoms with Crippen LogP contribution in [0.25, 0.3) is 0 Å². The summed E-state index contributed by atoms with van der Waals surface area (Å²) >= 11 is 5.83. The van der Waals surface area contributed by atoms with Gasteiger partial charge in [0, 0.05) is 17.1 Å². The molecule has 2 rings (SSSR count). The SMILES string of the molecule is N=C(N)NC(=O)CC1c2ccc(Cl)cc2C(=O)N1CCC(F)(F)F. The molecule has 0 bridgehead atoms. The average molecular weight is 363 g/mol. The molecule has 0 fully saturated rings. The quantitative estimate of drug-likeness (QED) is 0.565. The second-order valence-corrected chi connectivity index (χ2v) is 5.71. The molecule has 6 nitrogen and oxygen atoms in total. The Hall–Kier alpha value is -2.29. The monoisotopic (exact) mass is 362 g/mol. The maximum atomic E-state index is 12.5. The molecule has 1 aromatic rings. The van der Waals surface area contributed by atoms with E-state index in [0.29, 0.717) is 5.56 Å². The average Bonchev–Trinajstić information content (AvgIpc) is 2.67. The minimum Gasteiger partial charge on any atom is -0.370 e. The summed E-state index contributed by atoms with van der Waals surface area (Å²) in [6, 6.07) is 3.50. The molecule has 1 aliphatic heterocycles. The number of carbonyl (C=O) groups excluding carboxylic acids is 2. The summed E-state index contributed by atoms with van der Waals surface area (Å²) < 4.78 is 37.5. The van der Waals surface area contributed by atoms with Crippen molar-refractivity contribution in [3.63, 3.8) is 0 Å². The maximum Gasteiger partial charge on any atom is 0.390 e. The van der Waals surface area contributed by atoms with E-state index in [1.807, 2.05) is 0 Å². The number of hydrogen-bond acceptors (Lipinski definition) is 3. The van der Waals surface area contributed by atoms with Crippen LogP contribution in [0.15, 0.2) is 18.2 Å². The van der Waals surface area contributed by atoms with Crippen molar-refractivity contribution in [1.82, 2.24) is 10.2 Å². The van der Waals surface area contributed by atoms with Gasteiger partial charge in [-0.05, 0) is 17.7 Å². The zero-order chi connectivity index (χ0) is 18.1. The number of carbonyl (C=O) groups is 2. The number of benzene rings is 1. The van der Waals surface area contributed by atoms with Gasteiger partial charge in [-0.25, -0.2) is 0 Å². The van der Waals surface area contributed by atoms with Crippen molar-refractivity contribution in [2.45, 2.75) is 25.1 Å². The number of nitrogens with zero attached hydrogens (tertiary/aromatic N) is 1. The first-order chi connectivity index (χ1) is 11.1. The normalized spacial score (nSPS) is 16.9. The van der Waals surface area contributed by atoms with Gasteiger partial charge < -0.3 is 10.6 Å². The third-order valence-electron chi connectivity index (χ3n) is 3.53. The third kappa shape index (κ3) is 4.16. The summed E-state index contributed by atoms with van der Waals surface area (Å²) in [7, 11) is 0. The fourth-order valence-electron chi connectivity index (χ4n) is 2.57. The molecule has 0 spiro atoms. The van der Waals surface area contributed by atoms with Gasteiger partial charge in [0.1, 0.15) is 0 Å². The molecule has 1 unspecified atom stereocenters. The molecule has 0 saturated carbocycles. The summed E-state index contributed by atoms with van der Waals surface area (Å²) in [6.07, 6.45) is -5.93. The first-order valence-corrected chi connectivity index (χ1v) is 7.27. The highest BCUT2D eigenvalue weighted by Gasteiger charge is 2.40. The second-order valence-electron chi connectivity index (χ2n) is 5.28. The molecule has 2 amide bonds. The number of nitrogens with one attached hydrogen (secondary N) is 2. The van der Waals surface area contributed by atoms with Gasteiger partial charge in [-0.15, -0.1) is 0 Å². The standard InChI is InChI=1S/C14H14ClF3N4O2/c15-7-1-2-8-9(5-7)12(24)22(4-3-14(16,17)18)10(8)6-11(23)21-13(19)20/h1-2,5,10H,3-4,6H2,(H4,19,20,21,23). The minimum absolute atomic E-state index is 0.172. The Morgan fingerprint density at radius 3 is 2.67 bits per heavy atom. The number of alkyl halides is 3. The minimum atomic E-state index is -4.43. The van der Waals surface area contributed by atoms with Gasteiger partial charge in [0.15, 0.2) is 5.96 Å². The van der Waals surface area contributed by atoms with E-state index in [-0.39, 0.29) is 17.0 Å². The summed E-state index contributed by atoms with van der Waals surface area (Å²) in [6.45, 7) is -0.577. The van der Waals surface area contributed by atoms with Crippen LogP contribution < -0.4 is 11.1 Å². The van der Waals surface area contributed by atoms with E-state index in [9.17, 15) is 22.8 Å². The van der Waals surface area contributed by atoms with Gasteiger partial charge in [-0.2, -0.15) is 13.2 Å². The van der Waals surface area contributed by atoms with Gasteiger partial charge in [0.25, 0.3) is 5.91 Å². The molecular formula is C14H14ClF3N4O2. The van der Waals surface area contributed by atoms with Crippen molar-refractivity contribution in [3.8, 4) is 0 Å². The van der Waals surface area contributed by atoms with Crippen molar-refractivity contribution >= 4 is 29.4 Å². The van der Waals surface area contributed by atoms with Gasteiger partial charge in [0.05, 0.1) is 18.9 Å². The van der Waals surface area contributed by atoms with Crippen LogP contribution in [0.3, 0.4) is 0 Å². The smallest absolute Gasteiger partial charge is 0.370 e. The molecule has 1 aromatic carbocycles. The molecule has 0 radical (unpaired) electrons. The zero-order valence-corrected chi connectivity index (χ0v) is 13.0. The first-order valence-electron chi connectivity index (χ1n) is 6.89. The number of hydrogen-bond donors (Lipinski definition) is 3. The van der Waals surface area contributed by atoms with E-state index in [1.54, 1.807) is 0 Å². The molecule has 24 heavy (non-hydrogen) atoms. The van der Waals surface area contributed by atoms with Crippen LogP contribution >= 0.6 is 11.6 Å². The lowest BCUT2D eigenvalue weighted by Gasteiger charge is -2.25. The maximum absolute atomic E-state index is 12.5. The fraction of sp³-hybridized carbons (Fsp3) is 0.357. The molecule has 1 atom stereocenters. The number of nitrogens with two attached hydrogens (primary N) is 1. The Morgan fingerprint density at radius 1 is 1.42 bits per heavy atom. The molecule has 0 aromatic heterocycles. The number of amides is 2. The van der Waals surface area contributed by atoms with Gasteiger partial charge >= 0.3 is 6.18 Å². The summed E-state index contributed by atoms with van der Waals surface area (Å²) in [5.41, 5.74) is 5.66. The lowest BCUT2D eigenvalue weighted by atomic mass is 10.0. The van der Waals surface area contributed by atoms with Gasteiger partial charge in [0.2, 0.25) is 5.91 Å². The number of fused-ring (bicyclic) bond motifs is 1. The van der Waals surface area contributed by atoms with E-state index in [1.165, 1.54) is 18.2 Å².